The molecule has 0 aliphatic carbocycles. The van der Waals surface area contributed by atoms with Gasteiger partial charge in [0.2, 0.25) is 0 Å². The topological polar surface area (TPSA) is 95.5 Å². The highest BCUT2D eigenvalue weighted by Gasteiger charge is 2.16. The molecule has 0 aliphatic rings. The predicted molar refractivity (Wildman–Crippen MR) is 128 cm³/mol. The molecule has 0 radical (unpaired) electrons. The van der Waals surface area contributed by atoms with Gasteiger partial charge in [-0.1, -0.05) is 18.2 Å². The Labute approximate surface area is 183 Å². The van der Waals surface area contributed by atoms with Gasteiger partial charge in [0.25, 0.3) is 0 Å². The van der Waals surface area contributed by atoms with Crippen molar-refractivity contribution in [2.45, 2.75) is 20.3 Å². The van der Waals surface area contributed by atoms with Crippen molar-refractivity contribution in [2.24, 2.45) is 10.7 Å². The number of anilines is 1. The number of nitrogens with two attached hydrogens (primary N) is 1. The molecule has 7 heteroatoms. The van der Waals surface area contributed by atoms with Gasteiger partial charge in [0.05, 0.1) is 12.3 Å². The Morgan fingerprint density at radius 3 is 2.55 bits per heavy atom. The van der Waals surface area contributed by atoms with E-state index in [0.29, 0.717) is 29.9 Å². The minimum absolute atomic E-state index is 0.186. The van der Waals surface area contributed by atoms with Gasteiger partial charge in [-0.15, -0.1) is 0 Å². The van der Waals surface area contributed by atoms with Crippen molar-refractivity contribution >= 4 is 17.1 Å². The SMILES string of the molecule is CN=C(C)C(CCOc1c(F)cccc1-c1ccc(NC)c(C(=N)CNC)c1)=C(C)N. The summed E-state index contributed by atoms with van der Waals surface area (Å²) in [4.78, 5) is 4.19. The van der Waals surface area contributed by atoms with Gasteiger partial charge < -0.3 is 26.5 Å². The normalized spacial score (nSPS) is 12.4. The average Bonchev–Trinajstić information content (AvgIpc) is 2.76. The van der Waals surface area contributed by atoms with Crippen LogP contribution in [0.25, 0.3) is 11.1 Å². The summed E-state index contributed by atoms with van der Waals surface area (Å²) in [5.74, 6) is -0.246. The Morgan fingerprint density at radius 2 is 1.94 bits per heavy atom. The van der Waals surface area contributed by atoms with E-state index in [0.717, 1.165) is 28.1 Å². The van der Waals surface area contributed by atoms with Crippen LogP contribution in [0, 0.1) is 11.2 Å². The molecule has 0 spiro atoms. The van der Waals surface area contributed by atoms with E-state index in [1.54, 1.807) is 20.2 Å². The molecule has 5 N–H and O–H groups in total. The van der Waals surface area contributed by atoms with Crippen molar-refractivity contribution in [1.29, 1.82) is 5.41 Å². The summed E-state index contributed by atoms with van der Waals surface area (Å²) in [5.41, 5.74) is 11.8. The number of aliphatic imine (C=N–C) groups is 1. The maximum absolute atomic E-state index is 14.7. The van der Waals surface area contributed by atoms with E-state index in [9.17, 15) is 4.39 Å². The second-order valence-electron chi connectivity index (χ2n) is 7.20. The predicted octanol–water partition coefficient (Wildman–Crippen LogP) is 4.21. The zero-order valence-electron chi connectivity index (χ0n) is 18.9. The van der Waals surface area contributed by atoms with Crippen LogP contribution in [0.15, 0.2) is 52.7 Å². The van der Waals surface area contributed by atoms with E-state index in [-0.39, 0.29) is 12.4 Å². The third-order valence-electron chi connectivity index (χ3n) is 5.09. The Bertz CT molecular complexity index is 993. The quantitative estimate of drug-likeness (QED) is 0.429. The van der Waals surface area contributed by atoms with Gasteiger partial charge in [0.1, 0.15) is 0 Å². The fourth-order valence-electron chi connectivity index (χ4n) is 3.39. The van der Waals surface area contributed by atoms with E-state index >= 15 is 0 Å². The first-order valence-corrected chi connectivity index (χ1v) is 10.2. The minimum Gasteiger partial charge on any atom is -0.490 e. The molecule has 6 nitrogen and oxygen atoms in total. The molecule has 166 valence electrons. The summed E-state index contributed by atoms with van der Waals surface area (Å²) in [6.07, 6.45) is 0.524. The minimum atomic E-state index is -0.432. The van der Waals surface area contributed by atoms with Gasteiger partial charge in [0.15, 0.2) is 11.6 Å². The third kappa shape index (κ3) is 5.92. The lowest BCUT2D eigenvalue weighted by Crippen LogP contribution is -2.19. The molecule has 0 fully saturated rings. The average molecular weight is 426 g/mol. The molecule has 0 saturated carbocycles. The number of nitrogens with zero attached hydrogens (tertiary/aromatic N) is 1. The van der Waals surface area contributed by atoms with Crippen LogP contribution in [0.4, 0.5) is 10.1 Å². The molecule has 0 aliphatic heterocycles. The van der Waals surface area contributed by atoms with Crippen molar-refractivity contribution < 1.29 is 9.13 Å². The smallest absolute Gasteiger partial charge is 0.165 e. The monoisotopic (exact) mass is 425 g/mol. The molecule has 0 atom stereocenters. The zero-order valence-corrected chi connectivity index (χ0v) is 18.9. The second kappa shape index (κ2) is 11.3. The molecule has 0 amide bonds. The van der Waals surface area contributed by atoms with Crippen LogP contribution in [-0.4, -0.2) is 45.7 Å². The van der Waals surface area contributed by atoms with E-state index < -0.39 is 5.82 Å². The highest BCUT2D eigenvalue weighted by Crippen LogP contribution is 2.34. The first kappa shape index (κ1) is 24.1. The number of rotatable bonds is 10. The summed E-state index contributed by atoms with van der Waals surface area (Å²) < 4.78 is 20.6. The van der Waals surface area contributed by atoms with Crippen LogP contribution in [0.3, 0.4) is 0 Å². The van der Waals surface area contributed by atoms with Crippen molar-refractivity contribution in [3.8, 4) is 16.9 Å². The number of nitrogens with one attached hydrogen (secondary N) is 3. The lowest BCUT2D eigenvalue weighted by Gasteiger charge is -2.16. The first-order valence-electron chi connectivity index (χ1n) is 10.2. The van der Waals surface area contributed by atoms with Gasteiger partial charge in [-0.25, -0.2) is 4.39 Å². The first-order chi connectivity index (χ1) is 14.8. The fourth-order valence-corrected chi connectivity index (χ4v) is 3.39. The largest absolute Gasteiger partial charge is 0.490 e. The van der Waals surface area contributed by atoms with Gasteiger partial charge in [-0.2, -0.15) is 0 Å². The molecule has 0 saturated heterocycles. The number of ether oxygens (including phenoxy) is 1. The number of hydrogen-bond donors (Lipinski definition) is 4. The maximum atomic E-state index is 14.7. The Kier molecular flexibility index (Phi) is 8.75. The van der Waals surface area contributed by atoms with Gasteiger partial charge >= 0.3 is 0 Å². The van der Waals surface area contributed by atoms with Gasteiger partial charge in [0, 0.05) is 55.3 Å². The summed E-state index contributed by atoms with van der Waals surface area (Å²) in [7, 11) is 5.33. The molecule has 2 aromatic carbocycles. The molecule has 0 aromatic heterocycles. The molecular formula is C24H32FN5O. The summed E-state index contributed by atoms with van der Waals surface area (Å²) in [5, 5.41) is 14.5. The number of para-hydroxylation sites is 1. The third-order valence-corrected chi connectivity index (χ3v) is 5.09. The van der Waals surface area contributed by atoms with Crippen molar-refractivity contribution in [1.82, 2.24) is 5.32 Å². The maximum Gasteiger partial charge on any atom is 0.165 e. The summed E-state index contributed by atoms with van der Waals surface area (Å²) in [6, 6.07) is 10.5. The summed E-state index contributed by atoms with van der Waals surface area (Å²) >= 11 is 0. The number of benzene rings is 2. The van der Waals surface area contributed by atoms with Crippen molar-refractivity contribution in [3.05, 3.63) is 59.0 Å². The van der Waals surface area contributed by atoms with Crippen molar-refractivity contribution in [3.63, 3.8) is 0 Å². The Hall–Kier alpha value is -3.19. The molecule has 0 heterocycles. The van der Waals surface area contributed by atoms with E-state index in [4.69, 9.17) is 15.9 Å². The lowest BCUT2D eigenvalue weighted by atomic mass is 9.98. The van der Waals surface area contributed by atoms with E-state index in [2.05, 4.69) is 15.6 Å². The molecular weight excluding hydrogens is 393 g/mol. The van der Waals surface area contributed by atoms with Crippen LogP contribution in [0.5, 0.6) is 5.75 Å². The van der Waals surface area contributed by atoms with E-state index in [1.807, 2.05) is 45.2 Å². The molecule has 0 bridgehead atoms. The highest BCUT2D eigenvalue weighted by molar-refractivity contribution is 6.05. The standard InChI is InChI=1S/C24H32FN5O/c1-15(26)18(16(2)29-4)11-12-31-24-19(7-6-8-21(24)25)17-9-10-23(30-5)20(13-17)22(27)14-28-3/h6-10,13,27-28,30H,11-12,14,26H2,1-5H3. The number of hydrogen-bond acceptors (Lipinski definition) is 6. The van der Waals surface area contributed by atoms with Gasteiger partial charge in [-0.3, -0.25) is 4.99 Å². The Morgan fingerprint density at radius 1 is 1.19 bits per heavy atom. The number of likely N-dealkylation sites (N-methyl/N-ethyl adjacent to an activating group) is 1. The zero-order chi connectivity index (χ0) is 23.0. The Balaban J connectivity index is 2.38. The molecule has 2 aromatic rings. The van der Waals surface area contributed by atoms with Crippen LogP contribution in [0.2, 0.25) is 0 Å². The van der Waals surface area contributed by atoms with Crippen LogP contribution in [0.1, 0.15) is 25.8 Å². The number of allylic oxidation sites excluding steroid dienone is 1. The molecule has 31 heavy (non-hydrogen) atoms. The fraction of sp³-hybridized carbons (Fsp3) is 0.333. The van der Waals surface area contributed by atoms with E-state index in [1.165, 1.54) is 6.07 Å². The summed E-state index contributed by atoms with van der Waals surface area (Å²) in [6.45, 7) is 4.41. The lowest BCUT2D eigenvalue weighted by molar-refractivity contribution is 0.307. The molecule has 0 unspecified atom stereocenters. The second-order valence-corrected chi connectivity index (χ2v) is 7.20. The van der Waals surface area contributed by atoms with Crippen molar-refractivity contribution in [2.75, 3.05) is 39.6 Å². The molecule has 2 rings (SSSR count). The van der Waals surface area contributed by atoms with Crippen LogP contribution in [-0.2, 0) is 0 Å². The number of halogens is 1. The van der Waals surface area contributed by atoms with Gasteiger partial charge in [-0.05, 0) is 50.2 Å². The van der Waals surface area contributed by atoms with Crippen LogP contribution < -0.4 is 21.1 Å². The van der Waals surface area contributed by atoms with Crippen LogP contribution >= 0.6 is 0 Å². The highest BCUT2D eigenvalue weighted by atomic mass is 19.1.